The van der Waals surface area contributed by atoms with Crippen LogP contribution < -0.4 is 0 Å². The van der Waals surface area contributed by atoms with Crippen LogP contribution >= 0.6 is 0 Å². The lowest BCUT2D eigenvalue weighted by Gasteiger charge is -2.23. The predicted octanol–water partition coefficient (Wildman–Crippen LogP) is 2.60. The van der Waals surface area contributed by atoms with Crippen LogP contribution in [0.15, 0.2) is 24.3 Å². The Morgan fingerprint density at radius 3 is 1.65 bits per heavy atom. The van der Waals surface area contributed by atoms with Crippen LogP contribution in [0.5, 0.6) is 0 Å². The van der Waals surface area contributed by atoms with Crippen molar-refractivity contribution in [3.05, 3.63) is 24.3 Å². The summed E-state index contributed by atoms with van der Waals surface area (Å²) >= 11 is 0. The summed E-state index contributed by atoms with van der Waals surface area (Å²) in [5.41, 5.74) is 0.536. The van der Waals surface area contributed by atoms with Crippen LogP contribution in [0.4, 0.5) is 0 Å². The minimum Gasteiger partial charge on any atom is -0.422 e. The van der Waals surface area contributed by atoms with Gasteiger partial charge >= 0.3 is 11.9 Å². The Labute approximate surface area is 102 Å². The van der Waals surface area contributed by atoms with Gasteiger partial charge in [-0.25, -0.2) is 9.59 Å². The first kappa shape index (κ1) is 15.4. The molecule has 4 heteroatoms. The Balaban J connectivity index is 4.66. The third-order valence-corrected chi connectivity index (χ3v) is 2.25. The van der Waals surface area contributed by atoms with E-state index in [-0.39, 0.29) is 17.1 Å². The maximum absolute atomic E-state index is 11.4. The first-order chi connectivity index (χ1) is 7.79. The van der Waals surface area contributed by atoms with E-state index in [4.69, 9.17) is 9.47 Å². The minimum atomic E-state index is -0.895. The molecule has 0 rings (SSSR count). The molecule has 0 saturated heterocycles. The van der Waals surface area contributed by atoms with Crippen molar-refractivity contribution in [2.24, 2.45) is 5.92 Å². The largest absolute Gasteiger partial charge is 0.422 e. The molecule has 0 saturated carbocycles. The summed E-state index contributed by atoms with van der Waals surface area (Å²) in [7, 11) is 0. The third kappa shape index (κ3) is 5.33. The Hall–Kier alpha value is -1.58. The molecule has 0 aromatic carbocycles. The summed E-state index contributed by atoms with van der Waals surface area (Å²) in [5.74, 6) is -1.21. The van der Waals surface area contributed by atoms with Gasteiger partial charge in [-0.3, -0.25) is 0 Å². The van der Waals surface area contributed by atoms with E-state index in [1.54, 1.807) is 0 Å². The van der Waals surface area contributed by atoms with Crippen LogP contribution in [-0.4, -0.2) is 18.2 Å². The van der Waals surface area contributed by atoms with Crippen molar-refractivity contribution in [3.8, 4) is 0 Å². The highest BCUT2D eigenvalue weighted by molar-refractivity contribution is 5.88. The van der Waals surface area contributed by atoms with E-state index >= 15 is 0 Å². The van der Waals surface area contributed by atoms with Crippen LogP contribution in [0.3, 0.4) is 0 Å². The molecule has 1 atom stereocenters. The monoisotopic (exact) mass is 240 g/mol. The molecule has 1 unspecified atom stereocenters. The molecule has 0 aliphatic rings. The minimum absolute atomic E-state index is 0.0819. The SMILES string of the molecule is C=C(C)C(=O)OC(OC(=O)C(=C)C)C(C)CC. The van der Waals surface area contributed by atoms with Gasteiger partial charge in [0.15, 0.2) is 0 Å². The first-order valence-electron chi connectivity index (χ1n) is 5.52. The summed E-state index contributed by atoms with van der Waals surface area (Å²) in [6.45, 7) is 13.8. The van der Waals surface area contributed by atoms with Gasteiger partial charge in [0.05, 0.1) is 0 Å². The van der Waals surface area contributed by atoms with Crippen molar-refractivity contribution in [1.82, 2.24) is 0 Å². The topological polar surface area (TPSA) is 52.6 Å². The average Bonchev–Trinajstić information content (AvgIpc) is 2.26. The number of hydrogen-bond acceptors (Lipinski definition) is 4. The van der Waals surface area contributed by atoms with Gasteiger partial charge in [-0.15, -0.1) is 0 Å². The van der Waals surface area contributed by atoms with E-state index in [2.05, 4.69) is 13.2 Å². The Kier molecular flexibility index (Phi) is 6.25. The zero-order chi connectivity index (χ0) is 13.6. The summed E-state index contributed by atoms with van der Waals surface area (Å²) in [5, 5.41) is 0. The molecular weight excluding hydrogens is 220 g/mol. The smallest absolute Gasteiger partial charge is 0.336 e. The van der Waals surface area contributed by atoms with Gasteiger partial charge in [-0.2, -0.15) is 0 Å². The molecule has 0 N–H and O–H groups in total. The van der Waals surface area contributed by atoms with E-state index in [1.165, 1.54) is 13.8 Å². The lowest BCUT2D eigenvalue weighted by atomic mass is 10.1. The number of ether oxygens (including phenoxy) is 2. The average molecular weight is 240 g/mol. The van der Waals surface area contributed by atoms with Crippen molar-refractivity contribution >= 4 is 11.9 Å². The number of carbonyl (C=O) groups is 2. The summed E-state index contributed by atoms with van der Waals surface area (Å²) in [4.78, 5) is 22.8. The molecule has 0 aromatic rings. The highest BCUT2D eigenvalue weighted by Gasteiger charge is 2.24. The maximum atomic E-state index is 11.4. The summed E-state index contributed by atoms with van der Waals surface area (Å²) in [6.07, 6.45) is -0.175. The van der Waals surface area contributed by atoms with E-state index in [1.807, 2.05) is 13.8 Å². The van der Waals surface area contributed by atoms with Gasteiger partial charge in [-0.1, -0.05) is 27.0 Å². The molecule has 0 aromatic heterocycles. The predicted molar refractivity (Wildman–Crippen MR) is 65.1 cm³/mol. The van der Waals surface area contributed by atoms with E-state index in [0.29, 0.717) is 0 Å². The van der Waals surface area contributed by atoms with Gasteiger partial charge in [0, 0.05) is 17.1 Å². The number of rotatable bonds is 6. The van der Waals surface area contributed by atoms with Crippen molar-refractivity contribution in [2.45, 2.75) is 40.4 Å². The fraction of sp³-hybridized carbons (Fsp3) is 0.538. The third-order valence-electron chi connectivity index (χ3n) is 2.25. The maximum Gasteiger partial charge on any atom is 0.336 e. The molecular formula is C13H20O4. The van der Waals surface area contributed by atoms with E-state index in [0.717, 1.165) is 6.42 Å². The van der Waals surface area contributed by atoms with E-state index < -0.39 is 18.2 Å². The fourth-order valence-corrected chi connectivity index (χ4v) is 0.861. The van der Waals surface area contributed by atoms with Gasteiger partial charge < -0.3 is 9.47 Å². The molecule has 96 valence electrons. The Morgan fingerprint density at radius 1 is 1.06 bits per heavy atom. The molecule has 0 radical (unpaired) electrons. The second kappa shape index (κ2) is 6.89. The van der Waals surface area contributed by atoms with Crippen LogP contribution in [0, 0.1) is 5.92 Å². The highest BCUT2D eigenvalue weighted by Crippen LogP contribution is 2.16. The second-order valence-electron chi connectivity index (χ2n) is 4.13. The van der Waals surface area contributed by atoms with Crippen LogP contribution in [0.25, 0.3) is 0 Å². The van der Waals surface area contributed by atoms with Gasteiger partial charge in [0.1, 0.15) is 0 Å². The Bertz CT molecular complexity index is 302. The zero-order valence-electron chi connectivity index (χ0n) is 10.9. The van der Waals surface area contributed by atoms with Gasteiger partial charge in [-0.05, 0) is 20.3 Å². The molecule has 0 bridgehead atoms. The van der Waals surface area contributed by atoms with Crippen LogP contribution in [0.2, 0.25) is 0 Å². The normalized spacial score (nSPS) is 11.8. The molecule has 0 spiro atoms. The zero-order valence-corrected chi connectivity index (χ0v) is 10.9. The highest BCUT2D eigenvalue weighted by atomic mass is 16.7. The van der Waals surface area contributed by atoms with Crippen molar-refractivity contribution in [2.75, 3.05) is 0 Å². The number of hydrogen-bond donors (Lipinski definition) is 0. The molecule has 17 heavy (non-hydrogen) atoms. The van der Waals surface area contributed by atoms with Crippen molar-refractivity contribution in [1.29, 1.82) is 0 Å². The summed E-state index contributed by atoms with van der Waals surface area (Å²) < 4.78 is 10.1. The van der Waals surface area contributed by atoms with E-state index in [9.17, 15) is 9.59 Å². The number of carbonyl (C=O) groups excluding carboxylic acids is 2. The Morgan fingerprint density at radius 2 is 1.41 bits per heavy atom. The lowest BCUT2D eigenvalue weighted by Crippen LogP contribution is -2.30. The lowest BCUT2D eigenvalue weighted by molar-refractivity contribution is -0.191. The van der Waals surface area contributed by atoms with Crippen molar-refractivity contribution in [3.63, 3.8) is 0 Å². The quantitative estimate of drug-likeness (QED) is 0.407. The van der Waals surface area contributed by atoms with Gasteiger partial charge in [0.25, 0.3) is 6.29 Å². The molecule has 0 amide bonds. The van der Waals surface area contributed by atoms with Gasteiger partial charge in [0.2, 0.25) is 0 Å². The summed E-state index contributed by atoms with van der Waals surface area (Å²) in [6, 6.07) is 0. The number of esters is 2. The first-order valence-corrected chi connectivity index (χ1v) is 5.52. The second-order valence-corrected chi connectivity index (χ2v) is 4.13. The molecule has 0 aliphatic carbocycles. The van der Waals surface area contributed by atoms with Crippen molar-refractivity contribution < 1.29 is 19.1 Å². The molecule has 4 nitrogen and oxygen atoms in total. The molecule has 0 fully saturated rings. The fourth-order valence-electron chi connectivity index (χ4n) is 0.861. The van der Waals surface area contributed by atoms with Crippen LogP contribution in [-0.2, 0) is 19.1 Å². The molecule has 0 aliphatic heterocycles. The van der Waals surface area contributed by atoms with Crippen LogP contribution in [0.1, 0.15) is 34.1 Å². The molecule has 0 heterocycles. The standard InChI is InChI=1S/C13H20O4/c1-7-10(6)13(16-11(14)8(2)3)17-12(15)9(4)5/h10,13H,2,4,7H2,1,3,5-6H3.